The van der Waals surface area contributed by atoms with Crippen molar-refractivity contribution in [2.24, 2.45) is 7.05 Å². The predicted molar refractivity (Wildman–Crippen MR) is 124 cm³/mol. The Bertz CT molecular complexity index is 1590. The molecule has 3 aromatic carbocycles. The summed E-state index contributed by atoms with van der Waals surface area (Å²) in [5, 5.41) is 2.23. The van der Waals surface area contributed by atoms with Crippen LogP contribution in [0.5, 0.6) is 0 Å². The fourth-order valence-corrected chi connectivity index (χ4v) is 6.39. The molecule has 0 saturated heterocycles. The first-order valence-electron chi connectivity index (χ1n) is 11.2. The Balaban J connectivity index is 1.73. The normalized spacial score (nSPS) is 15.8. The number of rotatable bonds is 2. The number of furan rings is 1. The van der Waals surface area contributed by atoms with Crippen LogP contribution in [0.15, 0.2) is 71.3 Å². The number of aromatic nitrogens is 1. The molecule has 0 bridgehead atoms. The molecule has 0 fully saturated rings. The van der Waals surface area contributed by atoms with Crippen LogP contribution >= 0.6 is 0 Å². The van der Waals surface area contributed by atoms with Gasteiger partial charge in [-0.25, -0.2) is 0 Å². The van der Waals surface area contributed by atoms with Crippen molar-refractivity contribution in [3.63, 3.8) is 0 Å². The maximum absolute atomic E-state index is 15.4. The number of benzene rings is 3. The van der Waals surface area contributed by atoms with Crippen molar-refractivity contribution in [1.82, 2.24) is 0 Å². The van der Waals surface area contributed by atoms with E-state index in [0.29, 0.717) is 27.6 Å². The van der Waals surface area contributed by atoms with Gasteiger partial charge in [-0.1, -0.05) is 0 Å². The van der Waals surface area contributed by atoms with Crippen LogP contribution < -0.4 is 9.03 Å². The van der Waals surface area contributed by atoms with Crippen molar-refractivity contribution in [3.05, 3.63) is 83.8 Å². The van der Waals surface area contributed by atoms with Crippen molar-refractivity contribution in [1.29, 1.82) is 0 Å². The Morgan fingerprint density at radius 3 is 2.61 bits per heavy atom. The molecule has 31 heavy (non-hydrogen) atoms. The van der Waals surface area contributed by atoms with Gasteiger partial charge in [0.1, 0.15) is 0 Å². The predicted octanol–water partition coefficient (Wildman–Crippen LogP) is 5.50. The molecule has 0 spiro atoms. The first-order valence-corrected chi connectivity index (χ1v) is 12.3. The summed E-state index contributed by atoms with van der Waals surface area (Å²) in [6, 6.07) is 19.1. The van der Waals surface area contributed by atoms with E-state index in [9.17, 15) is 0 Å². The molecule has 0 saturated carbocycles. The molecule has 6 rings (SSSR count). The molecule has 0 N–H and O–H groups in total. The van der Waals surface area contributed by atoms with Gasteiger partial charge in [-0.15, -0.1) is 0 Å². The molecule has 0 atom stereocenters. The van der Waals surface area contributed by atoms with E-state index in [1.807, 2.05) is 49.6 Å². The molecule has 2 aromatic heterocycles. The minimum atomic E-state index is -1.47. The minimum absolute atomic E-state index is 0.0411. The molecular weight excluding hydrogens is 452 g/mol. The van der Waals surface area contributed by atoms with Gasteiger partial charge in [0.05, 0.1) is 0 Å². The van der Waals surface area contributed by atoms with E-state index in [4.69, 9.17) is 7.16 Å². The zero-order chi connectivity index (χ0) is 22.9. The quantitative estimate of drug-likeness (QED) is 0.244. The van der Waals surface area contributed by atoms with E-state index in [1.54, 1.807) is 6.07 Å². The van der Waals surface area contributed by atoms with Gasteiger partial charge in [0.25, 0.3) is 0 Å². The van der Waals surface area contributed by atoms with Gasteiger partial charge < -0.3 is 0 Å². The van der Waals surface area contributed by atoms with Crippen molar-refractivity contribution >= 4 is 41.4 Å². The van der Waals surface area contributed by atoms with Gasteiger partial charge in [0.15, 0.2) is 0 Å². The van der Waals surface area contributed by atoms with Crippen molar-refractivity contribution in [2.75, 3.05) is 0 Å². The molecule has 0 unspecified atom stereocenters. The maximum atomic E-state index is 15.4. The monoisotopic (exact) mass is 476 g/mol. The summed E-state index contributed by atoms with van der Waals surface area (Å²) in [5.41, 5.74) is 5.83. The van der Waals surface area contributed by atoms with Gasteiger partial charge in [-0.2, -0.15) is 0 Å². The zero-order valence-corrected chi connectivity index (χ0v) is 18.9. The number of nitrogens with zero attached hydrogens (tertiary/aromatic N) is 1. The molecule has 1 aliphatic heterocycles. The van der Waals surface area contributed by atoms with Crippen LogP contribution in [-0.2, 0) is 13.4 Å². The van der Waals surface area contributed by atoms with Crippen molar-refractivity contribution in [3.8, 4) is 22.4 Å². The van der Waals surface area contributed by atoms with E-state index < -0.39 is 12.2 Å². The first-order chi connectivity index (χ1) is 15.9. The standard InChI is InChI=1S/C27H21FNOSe/c1-16-9-10-19-20-11-12-21(28)25(18-6-5-8-23-17(18)13-15-31-23)27(20)30-26(19)24(16)22-7-3-4-14-29(22)2/h3-12,14H,13,15H2,1-2H3/q+1/i13D2. The fourth-order valence-electron chi connectivity index (χ4n) is 4.56. The second kappa shape index (κ2) is 7.05. The van der Waals surface area contributed by atoms with E-state index in [1.165, 1.54) is 6.07 Å². The van der Waals surface area contributed by atoms with Crippen LogP contribution in [0.4, 0.5) is 4.39 Å². The third-order valence-electron chi connectivity index (χ3n) is 6.05. The number of halogens is 1. The molecule has 1 aliphatic rings. The zero-order valence-electron chi connectivity index (χ0n) is 19.2. The van der Waals surface area contributed by atoms with Crippen LogP contribution in [0.3, 0.4) is 0 Å². The summed E-state index contributed by atoms with van der Waals surface area (Å²) in [6.07, 6.45) is 0.532. The van der Waals surface area contributed by atoms with Crippen LogP contribution in [0, 0.1) is 12.7 Å². The van der Waals surface area contributed by atoms with Gasteiger partial charge in [-0.05, 0) is 0 Å². The van der Waals surface area contributed by atoms with Crippen molar-refractivity contribution in [2.45, 2.75) is 18.6 Å². The summed E-state index contributed by atoms with van der Waals surface area (Å²) in [4.78, 5) is 0. The number of aryl methyl sites for hydroxylation is 2. The average Bonchev–Trinajstić information content (AvgIpc) is 3.31. The number of hydrogen-bond acceptors (Lipinski definition) is 1. The summed E-state index contributed by atoms with van der Waals surface area (Å²) >= 11 is 0.0411. The molecule has 5 aromatic rings. The first kappa shape index (κ1) is 16.7. The van der Waals surface area contributed by atoms with E-state index >= 15 is 4.39 Å². The SMILES string of the molecule is [2H]C1([2H])C[Se]c2cccc(-c3c(F)ccc4c3oc3c(-c5cccc[n+]5C)c(C)ccc34)c21. The summed E-state index contributed by atoms with van der Waals surface area (Å²) in [6.45, 7) is 2.05. The number of fused-ring (bicyclic) bond motifs is 4. The third kappa shape index (κ3) is 2.79. The Morgan fingerprint density at radius 2 is 1.77 bits per heavy atom. The van der Waals surface area contributed by atoms with E-state index in [0.717, 1.165) is 37.6 Å². The van der Waals surface area contributed by atoms with Crippen LogP contribution in [0.1, 0.15) is 13.9 Å². The van der Waals surface area contributed by atoms with Gasteiger partial charge >= 0.3 is 189 Å². The van der Waals surface area contributed by atoms with E-state index in [-0.39, 0.29) is 15.0 Å². The molecule has 152 valence electrons. The Labute approximate surface area is 189 Å². The third-order valence-corrected chi connectivity index (χ3v) is 8.02. The molecule has 3 heterocycles. The molecule has 0 radical (unpaired) electrons. The summed E-state index contributed by atoms with van der Waals surface area (Å²) < 4.78 is 42.1. The van der Waals surface area contributed by atoms with Gasteiger partial charge in [0.2, 0.25) is 0 Å². The number of pyridine rings is 1. The van der Waals surface area contributed by atoms with Crippen LogP contribution in [0.2, 0.25) is 5.32 Å². The molecular formula is C27H21FNOSe+. The Kier molecular flexibility index (Phi) is 3.80. The van der Waals surface area contributed by atoms with Crippen LogP contribution in [0.25, 0.3) is 44.3 Å². The average molecular weight is 475 g/mol. The molecule has 0 amide bonds. The summed E-state index contributed by atoms with van der Waals surface area (Å²) in [7, 11) is 2.00. The van der Waals surface area contributed by atoms with Crippen LogP contribution in [-0.4, -0.2) is 15.0 Å². The van der Waals surface area contributed by atoms with Gasteiger partial charge in [-0.3, -0.25) is 0 Å². The summed E-state index contributed by atoms with van der Waals surface area (Å²) in [5.74, 6) is -0.395. The Morgan fingerprint density at radius 1 is 0.968 bits per heavy atom. The second-order valence-electron chi connectivity index (χ2n) is 7.88. The molecule has 4 heteroatoms. The van der Waals surface area contributed by atoms with Crippen molar-refractivity contribution < 1.29 is 16.1 Å². The molecule has 2 nitrogen and oxygen atoms in total. The Hall–Kier alpha value is -2.94. The topological polar surface area (TPSA) is 17.0 Å². The second-order valence-corrected chi connectivity index (χ2v) is 10.0. The van der Waals surface area contributed by atoms with Gasteiger partial charge in [0, 0.05) is 0 Å². The number of hydrogen-bond donors (Lipinski definition) is 0. The van der Waals surface area contributed by atoms with E-state index in [2.05, 4.69) is 23.6 Å². The fraction of sp³-hybridized carbons (Fsp3) is 0.148. The molecule has 0 aliphatic carbocycles.